The van der Waals surface area contributed by atoms with Crippen LogP contribution in [0, 0.1) is 0 Å². The van der Waals surface area contributed by atoms with Crippen molar-refractivity contribution in [3.05, 3.63) is 35.4 Å². The highest BCUT2D eigenvalue weighted by Gasteiger charge is 2.30. The maximum absolute atomic E-state index is 12.1. The number of sulfone groups is 1. The Morgan fingerprint density at radius 1 is 1.19 bits per heavy atom. The molecule has 0 bridgehead atoms. The fourth-order valence-corrected chi connectivity index (χ4v) is 3.34. The van der Waals surface area contributed by atoms with Gasteiger partial charge in [0.25, 0.3) is 0 Å². The molecule has 1 aliphatic carbocycles. The van der Waals surface area contributed by atoms with Gasteiger partial charge < -0.3 is 9.47 Å². The van der Waals surface area contributed by atoms with Gasteiger partial charge in [-0.25, -0.2) is 13.2 Å². The third-order valence-electron chi connectivity index (χ3n) is 3.57. The van der Waals surface area contributed by atoms with Gasteiger partial charge in [0.2, 0.25) is 0 Å². The van der Waals surface area contributed by atoms with Gasteiger partial charge in [0.05, 0.1) is 17.4 Å². The number of rotatable bonds is 5. The molecule has 0 radical (unpaired) electrons. The molecule has 2 unspecified atom stereocenters. The van der Waals surface area contributed by atoms with E-state index < -0.39 is 15.8 Å². The standard InChI is InChI=1S/C15H20O5S/c1-19-13-4-3-5-14(13)20-15(16)12-8-6-11(7-9-12)10-21(2,17)18/h6-9,13-14H,3-5,10H2,1-2H3. The van der Waals surface area contributed by atoms with E-state index in [9.17, 15) is 13.2 Å². The molecular weight excluding hydrogens is 292 g/mol. The fraction of sp³-hybridized carbons (Fsp3) is 0.533. The van der Waals surface area contributed by atoms with Crippen LogP contribution in [-0.2, 0) is 25.1 Å². The molecule has 5 nitrogen and oxygen atoms in total. The number of esters is 1. The summed E-state index contributed by atoms with van der Waals surface area (Å²) < 4.78 is 33.2. The molecule has 116 valence electrons. The van der Waals surface area contributed by atoms with E-state index in [2.05, 4.69) is 0 Å². The first-order chi connectivity index (χ1) is 9.89. The minimum absolute atomic E-state index is 0.0292. The van der Waals surface area contributed by atoms with Crippen molar-refractivity contribution in [1.82, 2.24) is 0 Å². The molecule has 1 saturated carbocycles. The van der Waals surface area contributed by atoms with E-state index in [1.165, 1.54) is 6.26 Å². The molecule has 0 spiro atoms. The first-order valence-corrected chi connectivity index (χ1v) is 8.95. The summed E-state index contributed by atoms with van der Waals surface area (Å²) in [6, 6.07) is 6.47. The molecular formula is C15H20O5S. The second kappa shape index (κ2) is 6.58. The molecule has 0 amide bonds. The lowest BCUT2D eigenvalue weighted by molar-refractivity contribution is -0.0206. The molecule has 6 heteroatoms. The second-order valence-electron chi connectivity index (χ2n) is 5.42. The van der Waals surface area contributed by atoms with E-state index in [4.69, 9.17) is 9.47 Å². The number of benzene rings is 1. The topological polar surface area (TPSA) is 69.7 Å². The Bertz CT molecular complexity index is 591. The molecule has 1 aromatic carbocycles. The van der Waals surface area contributed by atoms with Gasteiger partial charge in [0.1, 0.15) is 6.10 Å². The van der Waals surface area contributed by atoms with E-state index in [0.29, 0.717) is 11.1 Å². The molecule has 2 atom stereocenters. The van der Waals surface area contributed by atoms with Crippen LogP contribution >= 0.6 is 0 Å². The van der Waals surface area contributed by atoms with Gasteiger partial charge in [-0.1, -0.05) is 12.1 Å². The zero-order valence-electron chi connectivity index (χ0n) is 12.2. The first-order valence-electron chi connectivity index (χ1n) is 6.89. The van der Waals surface area contributed by atoms with Crippen LogP contribution in [0.15, 0.2) is 24.3 Å². The van der Waals surface area contributed by atoms with Crippen molar-refractivity contribution in [2.75, 3.05) is 13.4 Å². The largest absolute Gasteiger partial charge is 0.456 e. The lowest BCUT2D eigenvalue weighted by Crippen LogP contribution is -2.27. The molecule has 21 heavy (non-hydrogen) atoms. The summed E-state index contributed by atoms with van der Waals surface area (Å²) in [5.74, 6) is -0.425. The third-order valence-corrected chi connectivity index (χ3v) is 4.43. The highest BCUT2D eigenvalue weighted by Crippen LogP contribution is 2.25. The summed E-state index contributed by atoms with van der Waals surface area (Å²) in [7, 11) is -1.45. The minimum Gasteiger partial charge on any atom is -0.456 e. The molecule has 0 heterocycles. The van der Waals surface area contributed by atoms with Crippen LogP contribution in [0.1, 0.15) is 35.2 Å². The van der Waals surface area contributed by atoms with Gasteiger partial charge in [0, 0.05) is 13.4 Å². The maximum Gasteiger partial charge on any atom is 0.338 e. The summed E-state index contributed by atoms with van der Waals surface area (Å²) in [6.45, 7) is 0. The molecule has 0 N–H and O–H groups in total. The zero-order chi connectivity index (χ0) is 15.5. The van der Waals surface area contributed by atoms with Crippen LogP contribution in [-0.4, -0.2) is 40.0 Å². The highest BCUT2D eigenvalue weighted by atomic mass is 32.2. The molecule has 1 aliphatic rings. The third kappa shape index (κ3) is 4.54. The number of ether oxygens (including phenoxy) is 2. The lowest BCUT2D eigenvalue weighted by atomic mass is 10.1. The van der Waals surface area contributed by atoms with Crippen molar-refractivity contribution in [3.8, 4) is 0 Å². The van der Waals surface area contributed by atoms with Crippen LogP contribution in [0.5, 0.6) is 0 Å². The van der Waals surface area contributed by atoms with Gasteiger partial charge >= 0.3 is 5.97 Å². The number of hydrogen-bond acceptors (Lipinski definition) is 5. The Morgan fingerprint density at radius 2 is 1.81 bits per heavy atom. The number of carbonyl (C=O) groups excluding carboxylic acids is 1. The lowest BCUT2D eigenvalue weighted by Gasteiger charge is -2.18. The van der Waals surface area contributed by atoms with Crippen molar-refractivity contribution >= 4 is 15.8 Å². The van der Waals surface area contributed by atoms with Crippen molar-refractivity contribution < 1.29 is 22.7 Å². The monoisotopic (exact) mass is 312 g/mol. The molecule has 2 rings (SSSR count). The summed E-state index contributed by atoms with van der Waals surface area (Å²) in [6.07, 6.45) is 3.67. The van der Waals surface area contributed by atoms with E-state index in [0.717, 1.165) is 19.3 Å². The average molecular weight is 312 g/mol. The van der Waals surface area contributed by atoms with Crippen LogP contribution < -0.4 is 0 Å². The normalized spacial score (nSPS) is 22.2. The van der Waals surface area contributed by atoms with E-state index in [-0.39, 0.29) is 18.0 Å². The SMILES string of the molecule is COC1CCCC1OC(=O)c1ccc(CS(C)(=O)=O)cc1. The molecule has 0 aliphatic heterocycles. The van der Waals surface area contributed by atoms with Crippen molar-refractivity contribution in [3.63, 3.8) is 0 Å². The van der Waals surface area contributed by atoms with Crippen molar-refractivity contribution in [2.24, 2.45) is 0 Å². The van der Waals surface area contributed by atoms with E-state index in [1.54, 1.807) is 31.4 Å². The smallest absolute Gasteiger partial charge is 0.338 e. The van der Waals surface area contributed by atoms with E-state index in [1.807, 2.05) is 0 Å². The van der Waals surface area contributed by atoms with Crippen molar-refractivity contribution in [1.29, 1.82) is 0 Å². The highest BCUT2D eigenvalue weighted by molar-refractivity contribution is 7.89. The van der Waals surface area contributed by atoms with Crippen LogP contribution in [0.25, 0.3) is 0 Å². The van der Waals surface area contributed by atoms with Crippen LogP contribution in [0.2, 0.25) is 0 Å². The van der Waals surface area contributed by atoms with Crippen molar-refractivity contribution in [2.45, 2.75) is 37.2 Å². The summed E-state index contributed by atoms with van der Waals surface area (Å²) in [4.78, 5) is 12.1. The molecule has 1 aromatic rings. The predicted molar refractivity (Wildman–Crippen MR) is 78.8 cm³/mol. The summed E-state index contributed by atoms with van der Waals surface area (Å²) in [5.41, 5.74) is 1.08. The van der Waals surface area contributed by atoms with Crippen LogP contribution in [0.4, 0.5) is 0 Å². The van der Waals surface area contributed by atoms with Gasteiger partial charge in [-0.05, 0) is 37.0 Å². The minimum atomic E-state index is -3.07. The Hall–Kier alpha value is -1.40. The Labute approximate surface area is 125 Å². The Balaban J connectivity index is 2.00. The first kappa shape index (κ1) is 16.0. The second-order valence-corrected chi connectivity index (χ2v) is 7.56. The fourth-order valence-electron chi connectivity index (χ4n) is 2.54. The number of hydrogen-bond donors (Lipinski definition) is 0. The van der Waals surface area contributed by atoms with Gasteiger partial charge in [0.15, 0.2) is 9.84 Å². The Morgan fingerprint density at radius 3 is 2.38 bits per heavy atom. The van der Waals surface area contributed by atoms with Gasteiger partial charge in [-0.2, -0.15) is 0 Å². The summed E-state index contributed by atoms with van der Waals surface area (Å²) in [5, 5.41) is 0. The molecule has 1 fully saturated rings. The zero-order valence-corrected chi connectivity index (χ0v) is 13.1. The number of methoxy groups -OCH3 is 1. The summed E-state index contributed by atoms with van der Waals surface area (Å²) >= 11 is 0. The Kier molecular flexibility index (Phi) is 5.00. The number of carbonyl (C=O) groups is 1. The van der Waals surface area contributed by atoms with Gasteiger partial charge in [-0.3, -0.25) is 0 Å². The predicted octanol–water partition coefficient (Wildman–Crippen LogP) is 1.96. The average Bonchev–Trinajstić information content (AvgIpc) is 2.85. The van der Waals surface area contributed by atoms with E-state index >= 15 is 0 Å². The maximum atomic E-state index is 12.1. The molecule has 0 aromatic heterocycles. The molecule has 0 saturated heterocycles. The van der Waals surface area contributed by atoms with Gasteiger partial charge in [-0.15, -0.1) is 0 Å². The van der Waals surface area contributed by atoms with Crippen LogP contribution in [0.3, 0.4) is 0 Å². The quantitative estimate of drug-likeness (QED) is 0.777.